The van der Waals surface area contributed by atoms with Crippen LogP contribution in [0.2, 0.25) is 0 Å². The van der Waals surface area contributed by atoms with Gasteiger partial charge >= 0.3 is 0 Å². The van der Waals surface area contributed by atoms with E-state index >= 15 is 0 Å². The zero-order valence-corrected chi connectivity index (χ0v) is 9.56. The van der Waals surface area contributed by atoms with Crippen LogP contribution in [0.5, 0.6) is 0 Å². The summed E-state index contributed by atoms with van der Waals surface area (Å²) in [4.78, 5) is 0. The monoisotopic (exact) mass is 237 g/mol. The minimum absolute atomic E-state index is 0.0780. The van der Waals surface area contributed by atoms with E-state index in [0.717, 1.165) is 0 Å². The van der Waals surface area contributed by atoms with Crippen molar-refractivity contribution in [1.82, 2.24) is 9.78 Å². The molecule has 0 saturated carbocycles. The molecule has 5 nitrogen and oxygen atoms in total. The summed E-state index contributed by atoms with van der Waals surface area (Å²) in [6, 6.07) is 0. The maximum Gasteiger partial charge on any atom is 0.234 e. The number of sulfonamides is 1. The first-order valence-electron chi connectivity index (χ1n) is 4.01. The highest BCUT2D eigenvalue weighted by Crippen LogP contribution is 2.13. The highest BCUT2D eigenvalue weighted by molar-refractivity contribution is 7.92. The van der Waals surface area contributed by atoms with Gasteiger partial charge in [0.15, 0.2) is 0 Å². The van der Waals surface area contributed by atoms with E-state index in [9.17, 15) is 8.42 Å². The van der Waals surface area contributed by atoms with Crippen LogP contribution in [0.15, 0.2) is 6.20 Å². The minimum Gasteiger partial charge on any atom is -0.280 e. The van der Waals surface area contributed by atoms with E-state index in [-0.39, 0.29) is 11.6 Å². The van der Waals surface area contributed by atoms with Crippen LogP contribution in [0.25, 0.3) is 0 Å². The summed E-state index contributed by atoms with van der Waals surface area (Å²) in [5.74, 6) is -0.0163. The second-order valence-corrected chi connectivity index (χ2v) is 5.13. The van der Waals surface area contributed by atoms with Crippen LogP contribution in [0, 0.1) is 6.92 Å². The molecule has 0 saturated heterocycles. The molecule has 1 aromatic heterocycles. The molecule has 1 rings (SSSR count). The lowest BCUT2D eigenvalue weighted by atomic mass is 10.4. The number of aryl methyl sites for hydroxylation is 2. The van der Waals surface area contributed by atoms with Crippen molar-refractivity contribution in [3.05, 3.63) is 11.9 Å². The molecule has 0 unspecified atom stereocenters. The SMILES string of the molecule is Cc1nn(C)cc1NS(=O)(=O)CCCl. The Hall–Kier alpha value is -0.750. The number of aromatic nitrogens is 2. The number of anilines is 1. The highest BCUT2D eigenvalue weighted by atomic mass is 35.5. The third kappa shape index (κ3) is 2.88. The molecule has 0 amide bonds. The average Bonchev–Trinajstić information content (AvgIpc) is 2.28. The van der Waals surface area contributed by atoms with Crippen molar-refractivity contribution in [1.29, 1.82) is 0 Å². The third-order valence-electron chi connectivity index (χ3n) is 1.62. The van der Waals surface area contributed by atoms with Crippen LogP contribution >= 0.6 is 11.6 Å². The summed E-state index contributed by atoms with van der Waals surface area (Å²) in [5.41, 5.74) is 1.14. The molecule has 0 aliphatic rings. The fourth-order valence-electron chi connectivity index (χ4n) is 1.02. The second kappa shape index (κ2) is 4.18. The summed E-state index contributed by atoms with van der Waals surface area (Å²) >= 11 is 5.36. The van der Waals surface area contributed by atoms with Gasteiger partial charge in [-0.3, -0.25) is 9.40 Å². The van der Waals surface area contributed by atoms with Crippen molar-refractivity contribution in [3.8, 4) is 0 Å². The first-order valence-corrected chi connectivity index (χ1v) is 6.20. The van der Waals surface area contributed by atoms with Gasteiger partial charge in [-0.25, -0.2) is 8.42 Å². The second-order valence-electron chi connectivity index (χ2n) is 2.91. The maximum absolute atomic E-state index is 11.3. The van der Waals surface area contributed by atoms with Crippen molar-refractivity contribution in [2.75, 3.05) is 16.4 Å². The highest BCUT2D eigenvalue weighted by Gasteiger charge is 2.12. The molecule has 0 bridgehead atoms. The molecule has 1 N–H and O–H groups in total. The summed E-state index contributed by atoms with van der Waals surface area (Å²) in [7, 11) is -1.60. The molecule has 1 aromatic rings. The van der Waals surface area contributed by atoms with E-state index in [0.29, 0.717) is 11.4 Å². The first-order chi connectivity index (χ1) is 6.44. The Kier molecular flexibility index (Phi) is 3.38. The van der Waals surface area contributed by atoms with Crippen molar-refractivity contribution in [3.63, 3.8) is 0 Å². The number of alkyl halides is 1. The zero-order chi connectivity index (χ0) is 10.8. The first kappa shape index (κ1) is 11.3. The molecule has 0 aliphatic carbocycles. The quantitative estimate of drug-likeness (QED) is 0.785. The minimum atomic E-state index is -3.33. The number of nitrogens with zero attached hydrogens (tertiary/aromatic N) is 2. The van der Waals surface area contributed by atoms with Gasteiger partial charge in [0.2, 0.25) is 10.0 Å². The van der Waals surface area contributed by atoms with E-state index in [1.807, 2.05) is 0 Å². The van der Waals surface area contributed by atoms with E-state index in [1.54, 1.807) is 24.9 Å². The van der Waals surface area contributed by atoms with Crippen molar-refractivity contribution in [2.45, 2.75) is 6.92 Å². The average molecular weight is 238 g/mol. The van der Waals surface area contributed by atoms with Crippen LogP contribution < -0.4 is 4.72 Å². The molecule has 14 heavy (non-hydrogen) atoms. The Morgan fingerprint density at radius 2 is 2.29 bits per heavy atom. The number of hydrogen-bond donors (Lipinski definition) is 1. The van der Waals surface area contributed by atoms with Gasteiger partial charge in [0.25, 0.3) is 0 Å². The Bertz CT molecular complexity index is 413. The lowest BCUT2D eigenvalue weighted by Gasteiger charge is -2.03. The van der Waals surface area contributed by atoms with E-state index in [4.69, 9.17) is 11.6 Å². The van der Waals surface area contributed by atoms with Gasteiger partial charge in [-0.1, -0.05) is 0 Å². The van der Waals surface area contributed by atoms with Crippen LogP contribution in [-0.2, 0) is 17.1 Å². The molecular weight excluding hydrogens is 226 g/mol. The summed E-state index contributed by atoms with van der Waals surface area (Å²) in [6.07, 6.45) is 1.61. The van der Waals surface area contributed by atoms with Gasteiger partial charge in [0.05, 0.1) is 17.1 Å². The van der Waals surface area contributed by atoms with Crippen molar-refractivity contribution >= 4 is 27.3 Å². The molecule has 7 heteroatoms. The van der Waals surface area contributed by atoms with Gasteiger partial charge in [0, 0.05) is 19.1 Å². The van der Waals surface area contributed by atoms with Gasteiger partial charge in [-0.05, 0) is 6.92 Å². The van der Waals surface area contributed by atoms with E-state index in [1.165, 1.54) is 0 Å². The number of nitrogens with one attached hydrogen (secondary N) is 1. The number of rotatable bonds is 4. The molecule has 0 fully saturated rings. The van der Waals surface area contributed by atoms with Gasteiger partial charge in [-0.15, -0.1) is 11.6 Å². The Morgan fingerprint density at radius 1 is 1.64 bits per heavy atom. The van der Waals surface area contributed by atoms with Gasteiger partial charge in [0.1, 0.15) is 0 Å². The summed E-state index contributed by atoms with van der Waals surface area (Å²) in [6.45, 7) is 1.73. The van der Waals surface area contributed by atoms with Gasteiger partial charge < -0.3 is 0 Å². The number of halogens is 1. The summed E-state index contributed by atoms with van der Waals surface area (Å²) < 4.78 is 26.6. The predicted octanol–water partition coefficient (Wildman–Crippen LogP) is 0.709. The molecule has 80 valence electrons. The Morgan fingerprint density at radius 3 is 2.71 bits per heavy atom. The fraction of sp³-hybridized carbons (Fsp3) is 0.571. The lowest BCUT2D eigenvalue weighted by molar-refractivity contribution is 0.602. The smallest absolute Gasteiger partial charge is 0.234 e. The predicted molar refractivity (Wildman–Crippen MR) is 56.1 cm³/mol. The molecule has 0 spiro atoms. The largest absolute Gasteiger partial charge is 0.280 e. The molecular formula is C7H12ClN3O2S. The normalized spacial score (nSPS) is 11.6. The molecule has 0 aliphatic heterocycles. The van der Waals surface area contributed by atoms with Gasteiger partial charge in [-0.2, -0.15) is 5.10 Å². The zero-order valence-electron chi connectivity index (χ0n) is 7.99. The van der Waals surface area contributed by atoms with Crippen LogP contribution in [0.4, 0.5) is 5.69 Å². The molecule has 1 heterocycles. The number of hydrogen-bond acceptors (Lipinski definition) is 3. The molecule has 0 atom stereocenters. The van der Waals surface area contributed by atoms with E-state index in [2.05, 4.69) is 9.82 Å². The topological polar surface area (TPSA) is 64.0 Å². The molecule has 0 radical (unpaired) electrons. The van der Waals surface area contributed by atoms with Crippen LogP contribution in [-0.4, -0.2) is 29.8 Å². The lowest BCUT2D eigenvalue weighted by Crippen LogP contribution is -2.17. The Labute approximate surface area is 88.1 Å². The molecule has 0 aromatic carbocycles. The van der Waals surface area contributed by atoms with Crippen LogP contribution in [0.1, 0.15) is 5.69 Å². The van der Waals surface area contributed by atoms with Crippen molar-refractivity contribution in [2.24, 2.45) is 7.05 Å². The Balaban J connectivity index is 2.83. The fourth-order valence-corrected chi connectivity index (χ4v) is 2.47. The van der Waals surface area contributed by atoms with E-state index < -0.39 is 10.0 Å². The van der Waals surface area contributed by atoms with Crippen LogP contribution in [0.3, 0.4) is 0 Å². The van der Waals surface area contributed by atoms with Crippen molar-refractivity contribution < 1.29 is 8.42 Å². The third-order valence-corrected chi connectivity index (χ3v) is 3.31. The maximum atomic E-state index is 11.3. The standard InChI is InChI=1S/C7H12ClN3O2S/c1-6-7(5-11(2)9-6)10-14(12,13)4-3-8/h5,10H,3-4H2,1-2H3. The summed E-state index contributed by atoms with van der Waals surface area (Å²) in [5, 5.41) is 4.01.